The van der Waals surface area contributed by atoms with Gasteiger partial charge in [0.15, 0.2) is 0 Å². The third-order valence-corrected chi connectivity index (χ3v) is 2.38. The van der Waals surface area contributed by atoms with Gasteiger partial charge in [-0.05, 0) is 25.3 Å². The van der Waals surface area contributed by atoms with Gasteiger partial charge in [-0.1, -0.05) is 0 Å². The van der Waals surface area contributed by atoms with Crippen LogP contribution in [0.2, 0.25) is 0 Å². The van der Waals surface area contributed by atoms with Gasteiger partial charge < -0.3 is 5.32 Å². The third-order valence-electron chi connectivity index (χ3n) is 2.38. The summed E-state index contributed by atoms with van der Waals surface area (Å²) in [6.07, 6.45) is 2.32. The van der Waals surface area contributed by atoms with Gasteiger partial charge in [0.05, 0.1) is 12.0 Å². The first-order valence-electron chi connectivity index (χ1n) is 3.55. The molecule has 3 heteroatoms. The molecule has 56 valence electrons. The monoisotopic (exact) mass is 158 g/mol. The number of nitriles is 1. The average molecular weight is 159 g/mol. The molecule has 0 radical (unpaired) electrons. The summed E-state index contributed by atoms with van der Waals surface area (Å²) in [5, 5.41) is 12.0. The molecular weight excluding hydrogens is 148 g/mol. The van der Waals surface area contributed by atoms with E-state index < -0.39 is 0 Å². The Morgan fingerprint density at radius 1 is 1.50 bits per heavy atom. The number of piperidine rings is 1. The number of hydrogen-bond acceptors (Lipinski definition) is 2. The quantitative estimate of drug-likeness (QED) is 0.570. The molecule has 0 spiro atoms. The van der Waals surface area contributed by atoms with Gasteiger partial charge in [-0.25, -0.2) is 0 Å². The Balaban J connectivity index is 0.000000500. The minimum absolute atomic E-state index is 0. The van der Waals surface area contributed by atoms with Crippen molar-refractivity contribution < 1.29 is 0 Å². The maximum absolute atomic E-state index is 8.61. The molecule has 0 amide bonds. The molecule has 0 aromatic heterocycles. The molecule has 2 aliphatic rings. The van der Waals surface area contributed by atoms with Crippen LogP contribution in [0.25, 0.3) is 0 Å². The van der Waals surface area contributed by atoms with Gasteiger partial charge in [-0.2, -0.15) is 5.26 Å². The summed E-state index contributed by atoms with van der Waals surface area (Å²) in [6, 6.07) is 3.07. The normalized spacial score (nSPS) is 42.5. The standard InChI is InChI=1S/C7H10N2.ClH/c8-4-5-1-2-9-7-3-6(5)7;/h5-7,9H,1-3H2;1H. The first-order valence-corrected chi connectivity index (χ1v) is 3.55. The lowest BCUT2D eigenvalue weighted by Gasteiger charge is -2.14. The van der Waals surface area contributed by atoms with Crippen LogP contribution >= 0.6 is 12.4 Å². The van der Waals surface area contributed by atoms with Gasteiger partial charge in [0.25, 0.3) is 0 Å². The van der Waals surface area contributed by atoms with Gasteiger partial charge in [-0.3, -0.25) is 0 Å². The second kappa shape index (κ2) is 2.77. The number of fused-ring (bicyclic) bond motifs is 1. The zero-order valence-electron chi connectivity index (χ0n) is 5.71. The molecule has 1 saturated heterocycles. The largest absolute Gasteiger partial charge is 0.314 e. The Bertz CT molecular complexity index is 163. The second-order valence-electron chi connectivity index (χ2n) is 2.98. The highest BCUT2D eigenvalue weighted by molar-refractivity contribution is 5.85. The van der Waals surface area contributed by atoms with E-state index in [1.807, 2.05) is 0 Å². The molecule has 1 aliphatic carbocycles. The third kappa shape index (κ3) is 1.12. The van der Waals surface area contributed by atoms with E-state index in [0.717, 1.165) is 13.0 Å². The van der Waals surface area contributed by atoms with Crippen molar-refractivity contribution in [2.24, 2.45) is 11.8 Å². The average Bonchev–Trinajstić information content (AvgIpc) is 2.64. The van der Waals surface area contributed by atoms with E-state index >= 15 is 0 Å². The summed E-state index contributed by atoms with van der Waals surface area (Å²) < 4.78 is 0. The molecule has 1 N–H and O–H groups in total. The molecule has 2 rings (SSSR count). The van der Waals surface area contributed by atoms with E-state index in [4.69, 9.17) is 5.26 Å². The Morgan fingerprint density at radius 3 is 2.90 bits per heavy atom. The van der Waals surface area contributed by atoms with Crippen LogP contribution in [0.4, 0.5) is 0 Å². The zero-order chi connectivity index (χ0) is 6.27. The van der Waals surface area contributed by atoms with Crippen molar-refractivity contribution in [2.75, 3.05) is 6.54 Å². The van der Waals surface area contributed by atoms with Crippen LogP contribution in [0.5, 0.6) is 0 Å². The number of hydrogen-bond donors (Lipinski definition) is 1. The highest BCUT2D eigenvalue weighted by atomic mass is 35.5. The lowest BCUT2D eigenvalue weighted by atomic mass is 9.99. The van der Waals surface area contributed by atoms with Crippen LogP contribution in [0.3, 0.4) is 0 Å². The highest BCUT2D eigenvalue weighted by Gasteiger charge is 2.45. The number of nitrogens with zero attached hydrogens (tertiary/aromatic N) is 1. The van der Waals surface area contributed by atoms with Crippen molar-refractivity contribution in [3.8, 4) is 6.07 Å². The fourth-order valence-corrected chi connectivity index (χ4v) is 1.69. The maximum atomic E-state index is 8.61. The lowest BCUT2D eigenvalue weighted by molar-refractivity contribution is 0.426. The van der Waals surface area contributed by atoms with Crippen LogP contribution in [0.15, 0.2) is 0 Å². The molecule has 0 aromatic carbocycles. The van der Waals surface area contributed by atoms with Crippen molar-refractivity contribution in [2.45, 2.75) is 18.9 Å². The lowest BCUT2D eigenvalue weighted by Crippen LogP contribution is -2.28. The van der Waals surface area contributed by atoms with Crippen molar-refractivity contribution >= 4 is 12.4 Å². The number of nitrogens with one attached hydrogen (secondary N) is 1. The van der Waals surface area contributed by atoms with E-state index in [-0.39, 0.29) is 12.4 Å². The number of halogens is 1. The summed E-state index contributed by atoms with van der Waals surface area (Å²) >= 11 is 0. The summed E-state index contributed by atoms with van der Waals surface area (Å²) in [5.74, 6) is 1.08. The topological polar surface area (TPSA) is 35.8 Å². The molecule has 1 heterocycles. The Morgan fingerprint density at radius 2 is 2.30 bits per heavy atom. The van der Waals surface area contributed by atoms with Gasteiger partial charge in [0.2, 0.25) is 0 Å². The van der Waals surface area contributed by atoms with Crippen LogP contribution in [-0.4, -0.2) is 12.6 Å². The zero-order valence-corrected chi connectivity index (χ0v) is 6.53. The molecule has 3 atom stereocenters. The molecule has 2 nitrogen and oxygen atoms in total. The van der Waals surface area contributed by atoms with Gasteiger partial charge in [0, 0.05) is 6.04 Å². The summed E-state index contributed by atoms with van der Waals surface area (Å²) in [6.45, 7) is 1.05. The minimum atomic E-state index is 0. The summed E-state index contributed by atoms with van der Waals surface area (Å²) in [5.41, 5.74) is 0. The van der Waals surface area contributed by atoms with E-state index in [1.54, 1.807) is 0 Å². The molecule has 2 fully saturated rings. The summed E-state index contributed by atoms with van der Waals surface area (Å²) in [4.78, 5) is 0. The molecular formula is C7H11ClN2. The van der Waals surface area contributed by atoms with Crippen LogP contribution in [-0.2, 0) is 0 Å². The van der Waals surface area contributed by atoms with E-state index in [0.29, 0.717) is 17.9 Å². The highest BCUT2D eigenvalue weighted by Crippen LogP contribution is 2.41. The molecule has 3 unspecified atom stereocenters. The van der Waals surface area contributed by atoms with Gasteiger partial charge in [0.1, 0.15) is 0 Å². The van der Waals surface area contributed by atoms with Crippen LogP contribution in [0.1, 0.15) is 12.8 Å². The smallest absolute Gasteiger partial charge is 0.0659 e. The van der Waals surface area contributed by atoms with E-state index in [2.05, 4.69) is 11.4 Å². The first-order chi connectivity index (χ1) is 4.42. The van der Waals surface area contributed by atoms with Gasteiger partial charge >= 0.3 is 0 Å². The molecule has 0 bridgehead atoms. The molecule has 0 aromatic rings. The van der Waals surface area contributed by atoms with Crippen LogP contribution in [0, 0.1) is 23.2 Å². The Labute approximate surface area is 67.0 Å². The SMILES string of the molecule is Cl.N#CC1CCNC2CC12. The van der Waals surface area contributed by atoms with E-state index in [1.165, 1.54) is 6.42 Å². The van der Waals surface area contributed by atoms with E-state index in [9.17, 15) is 0 Å². The van der Waals surface area contributed by atoms with Crippen molar-refractivity contribution in [1.29, 1.82) is 5.26 Å². The van der Waals surface area contributed by atoms with Gasteiger partial charge in [-0.15, -0.1) is 12.4 Å². The predicted octanol–water partition coefficient (Wildman–Crippen LogP) is 0.930. The molecule has 1 aliphatic heterocycles. The predicted molar refractivity (Wildman–Crippen MR) is 40.9 cm³/mol. The second-order valence-corrected chi connectivity index (χ2v) is 2.98. The summed E-state index contributed by atoms with van der Waals surface area (Å²) in [7, 11) is 0. The Hall–Kier alpha value is -0.260. The molecule has 1 saturated carbocycles. The van der Waals surface area contributed by atoms with Crippen molar-refractivity contribution in [1.82, 2.24) is 5.32 Å². The minimum Gasteiger partial charge on any atom is -0.314 e. The van der Waals surface area contributed by atoms with Crippen molar-refractivity contribution in [3.63, 3.8) is 0 Å². The fourth-order valence-electron chi connectivity index (χ4n) is 1.69. The Kier molecular flexibility index (Phi) is 2.18. The van der Waals surface area contributed by atoms with Crippen LogP contribution < -0.4 is 5.32 Å². The molecule has 10 heavy (non-hydrogen) atoms. The maximum Gasteiger partial charge on any atom is 0.0659 e. The fraction of sp³-hybridized carbons (Fsp3) is 0.857. The first kappa shape index (κ1) is 7.84. The van der Waals surface area contributed by atoms with Crippen molar-refractivity contribution in [3.05, 3.63) is 0 Å². The number of rotatable bonds is 0.